The molecule has 0 spiro atoms. The van der Waals surface area contributed by atoms with Crippen LogP contribution in [0.15, 0.2) is 38.9 Å². The van der Waals surface area contributed by atoms with Crippen LogP contribution in [0.5, 0.6) is 0 Å². The van der Waals surface area contributed by atoms with E-state index in [1.54, 1.807) is 25.1 Å². The molecule has 0 radical (unpaired) electrons. The van der Waals surface area contributed by atoms with Crippen molar-refractivity contribution in [2.45, 2.75) is 33.6 Å². The van der Waals surface area contributed by atoms with E-state index in [0.717, 1.165) is 0 Å². The molecule has 1 aliphatic carbocycles. The zero-order valence-electron chi connectivity index (χ0n) is 16.9. The maximum Gasteiger partial charge on any atom is 0.305 e. The molecule has 2 amide bonds. The van der Waals surface area contributed by atoms with Crippen molar-refractivity contribution in [2.75, 3.05) is 0 Å². The first kappa shape index (κ1) is 21.4. The lowest BCUT2D eigenvalue weighted by molar-refractivity contribution is 0.0828. The summed E-state index contributed by atoms with van der Waals surface area (Å²) in [6, 6.07) is 6.37. The molecule has 0 aliphatic heterocycles. The number of rotatable bonds is 3. The number of hydrogen-bond acceptors (Lipinski definition) is 5. The molecule has 0 unspecified atom stereocenters. The summed E-state index contributed by atoms with van der Waals surface area (Å²) in [5.74, 6) is -0.538. The lowest BCUT2D eigenvalue weighted by Crippen LogP contribution is -2.41. The lowest BCUT2D eigenvalue weighted by Gasteiger charge is -2.29. The third-order valence-electron chi connectivity index (χ3n) is 4.66. The molecule has 1 aliphatic rings. The van der Waals surface area contributed by atoms with Crippen LogP contribution in [-0.4, -0.2) is 23.5 Å². The molecule has 30 heavy (non-hydrogen) atoms. The van der Waals surface area contributed by atoms with Gasteiger partial charge in [-0.3, -0.25) is 20.4 Å². The maximum absolute atomic E-state index is 12.7. The zero-order valence-corrected chi connectivity index (χ0v) is 17.6. The van der Waals surface area contributed by atoms with E-state index < -0.39 is 11.8 Å². The monoisotopic (exact) mass is 430 g/mol. The highest BCUT2D eigenvalue weighted by atomic mass is 35.5. The molecule has 0 atom stereocenters. The number of halogens is 1. The number of nitrogens with zero attached hydrogens (tertiary/aromatic N) is 2. The third kappa shape index (κ3) is 4.62. The van der Waals surface area contributed by atoms with Gasteiger partial charge >= 0.3 is 5.91 Å². The van der Waals surface area contributed by atoms with Crippen LogP contribution in [0.4, 0.5) is 0 Å². The number of hydrogen-bond donors (Lipinski definition) is 4. The van der Waals surface area contributed by atoms with Gasteiger partial charge in [0.1, 0.15) is 5.76 Å². The second-order valence-corrected chi connectivity index (χ2v) is 8.30. The smallest absolute Gasteiger partial charge is 0.305 e. The molecule has 2 aromatic rings. The summed E-state index contributed by atoms with van der Waals surface area (Å²) >= 11 is 5.89. The highest BCUT2D eigenvalue weighted by molar-refractivity contribution is 6.31. The van der Waals surface area contributed by atoms with Crippen LogP contribution in [0.3, 0.4) is 0 Å². The van der Waals surface area contributed by atoms with E-state index in [-0.39, 0.29) is 17.1 Å². The third-order valence-corrected chi connectivity index (χ3v) is 4.90. The Hall–Kier alpha value is -3.33. The number of fused-ring (bicyclic) bond motifs is 1. The molecule has 0 saturated heterocycles. The molecular formula is C20H23ClN6O3. The van der Waals surface area contributed by atoms with E-state index in [9.17, 15) is 9.59 Å². The van der Waals surface area contributed by atoms with Crippen LogP contribution in [0.1, 0.15) is 58.1 Å². The van der Waals surface area contributed by atoms with Crippen LogP contribution in [0, 0.1) is 12.3 Å². The fourth-order valence-corrected chi connectivity index (χ4v) is 3.60. The molecule has 10 heteroatoms. The first-order valence-corrected chi connectivity index (χ1v) is 9.59. The first-order valence-electron chi connectivity index (χ1n) is 9.22. The van der Waals surface area contributed by atoms with Gasteiger partial charge in [-0.1, -0.05) is 31.5 Å². The van der Waals surface area contributed by atoms with Crippen LogP contribution in [-0.2, 0) is 6.42 Å². The Labute approximate surface area is 178 Å². The minimum Gasteiger partial charge on any atom is -0.455 e. The number of nitrogens with two attached hydrogens (primary N) is 2. The second kappa shape index (κ2) is 8.19. The lowest BCUT2D eigenvalue weighted by atomic mass is 9.75. The Morgan fingerprint density at radius 3 is 2.53 bits per heavy atom. The number of carbonyl (C=O) groups excluding carboxylic acids is 2. The molecule has 0 bridgehead atoms. The SMILES string of the molecule is Cc1c(C(=O)NNC(=O)c2cccc(Cl)c2)oc2c1/C(=N\N=C(N)N)CC(C)(C)C2. The number of carbonyl (C=O) groups is 2. The Balaban J connectivity index is 1.84. The fraction of sp³-hybridized carbons (Fsp3) is 0.300. The maximum atomic E-state index is 12.7. The second-order valence-electron chi connectivity index (χ2n) is 7.86. The molecule has 3 rings (SSSR count). The Morgan fingerprint density at radius 1 is 1.17 bits per heavy atom. The van der Waals surface area contributed by atoms with Gasteiger partial charge in [-0.2, -0.15) is 5.10 Å². The normalized spacial score (nSPS) is 15.9. The predicted molar refractivity (Wildman–Crippen MR) is 114 cm³/mol. The van der Waals surface area contributed by atoms with Crippen LogP contribution >= 0.6 is 11.6 Å². The van der Waals surface area contributed by atoms with Crippen LogP contribution < -0.4 is 22.3 Å². The standard InChI is InChI=1S/C20H23ClN6O3/c1-10-15-13(24-27-19(22)23)8-20(2,3)9-14(15)30-16(10)18(29)26-25-17(28)11-5-4-6-12(21)7-11/h4-7H,8-9H2,1-3H3,(H,25,28)(H,26,29)(H4,22,23,27)/b24-13-. The number of benzene rings is 1. The van der Waals surface area contributed by atoms with Gasteiger partial charge in [0.2, 0.25) is 5.96 Å². The molecule has 158 valence electrons. The molecule has 1 aromatic heterocycles. The van der Waals surface area contributed by atoms with E-state index in [2.05, 4.69) is 34.9 Å². The van der Waals surface area contributed by atoms with Crippen molar-refractivity contribution in [2.24, 2.45) is 27.1 Å². The Bertz CT molecular complexity index is 1070. The Morgan fingerprint density at radius 2 is 1.87 bits per heavy atom. The summed E-state index contributed by atoms with van der Waals surface area (Å²) < 4.78 is 5.85. The van der Waals surface area contributed by atoms with Gasteiger partial charge in [0.05, 0.1) is 5.71 Å². The predicted octanol–water partition coefficient (Wildman–Crippen LogP) is 2.27. The topological polar surface area (TPSA) is 148 Å². The molecule has 9 nitrogen and oxygen atoms in total. The van der Waals surface area contributed by atoms with Crippen molar-refractivity contribution in [1.82, 2.24) is 10.9 Å². The molecule has 0 fully saturated rings. The number of nitrogens with one attached hydrogen (secondary N) is 2. The van der Waals surface area contributed by atoms with Gasteiger partial charge in [0.25, 0.3) is 5.91 Å². The van der Waals surface area contributed by atoms with Crippen molar-refractivity contribution >= 4 is 35.1 Å². The van der Waals surface area contributed by atoms with E-state index in [4.69, 9.17) is 27.5 Å². The zero-order chi connectivity index (χ0) is 22.1. The van der Waals surface area contributed by atoms with Gasteiger partial charge in [-0.15, -0.1) is 5.10 Å². The first-order chi connectivity index (χ1) is 14.1. The molecule has 0 saturated carbocycles. The van der Waals surface area contributed by atoms with Crippen LogP contribution in [0.25, 0.3) is 0 Å². The van der Waals surface area contributed by atoms with Gasteiger partial charge < -0.3 is 15.9 Å². The summed E-state index contributed by atoms with van der Waals surface area (Å²) in [5.41, 5.74) is 17.6. The number of amides is 2. The quantitative estimate of drug-likeness (QED) is 0.335. The van der Waals surface area contributed by atoms with E-state index in [1.807, 2.05) is 0 Å². The van der Waals surface area contributed by atoms with Gasteiger partial charge in [-0.05, 0) is 37.0 Å². The minimum atomic E-state index is -0.587. The largest absolute Gasteiger partial charge is 0.455 e. The van der Waals surface area contributed by atoms with Gasteiger partial charge in [0.15, 0.2) is 5.76 Å². The average Bonchev–Trinajstić information content (AvgIpc) is 2.99. The highest BCUT2D eigenvalue weighted by Crippen LogP contribution is 2.38. The Kier molecular flexibility index (Phi) is 5.84. The molecule has 1 aromatic carbocycles. The summed E-state index contributed by atoms with van der Waals surface area (Å²) in [6.45, 7) is 5.87. The fourth-order valence-electron chi connectivity index (χ4n) is 3.41. The van der Waals surface area contributed by atoms with Gasteiger partial charge in [-0.25, -0.2) is 0 Å². The number of hydrazine groups is 1. The summed E-state index contributed by atoms with van der Waals surface area (Å²) in [5, 5.41) is 8.33. The van der Waals surface area contributed by atoms with Crippen molar-refractivity contribution < 1.29 is 14.0 Å². The molecular weight excluding hydrogens is 408 g/mol. The summed E-state index contributed by atoms with van der Waals surface area (Å²) in [4.78, 5) is 24.9. The van der Waals surface area contributed by atoms with E-state index >= 15 is 0 Å². The number of guanidine groups is 1. The van der Waals surface area contributed by atoms with Crippen molar-refractivity contribution in [3.8, 4) is 0 Å². The number of furan rings is 1. The molecule has 6 N–H and O–H groups in total. The van der Waals surface area contributed by atoms with E-state index in [1.165, 1.54) is 6.07 Å². The van der Waals surface area contributed by atoms with Crippen molar-refractivity contribution in [3.63, 3.8) is 0 Å². The summed E-state index contributed by atoms with van der Waals surface area (Å²) in [7, 11) is 0. The van der Waals surface area contributed by atoms with Crippen molar-refractivity contribution in [1.29, 1.82) is 0 Å². The van der Waals surface area contributed by atoms with E-state index in [0.29, 0.717) is 46.0 Å². The highest BCUT2D eigenvalue weighted by Gasteiger charge is 2.36. The van der Waals surface area contributed by atoms with Crippen LogP contribution in [0.2, 0.25) is 5.02 Å². The van der Waals surface area contributed by atoms with Gasteiger partial charge in [0, 0.05) is 28.1 Å². The minimum absolute atomic E-state index is 0.0847. The van der Waals surface area contributed by atoms with Crippen molar-refractivity contribution in [3.05, 3.63) is 57.5 Å². The molecule has 1 heterocycles. The average molecular weight is 431 g/mol. The summed E-state index contributed by atoms with van der Waals surface area (Å²) in [6.07, 6.45) is 1.23.